The summed E-state index contributed by atoms with van der Waals surface area (Å²) in [6.07, 6.45) is 2.14. The van der Waals surface area contributed by atoms with Crippen molar-refractivity contribution in [2.75, 3.05) is 19.6 Å². The molecule has 0 N–H and O–H groups in total. The van der Waals surface area contributed by atoms with Crippen LogP contribution in [0.1, 0.15) is 43.1 Å². The predicted octanol–water partition coefficient (Wildman–Crippen LogP) is 2.56. The maximum Gasteiger partial charge on any atom is 0.254 e. The molecule has 108 valence electrons. The molecule has 2 heterocycles. The highest BCUT2D eigenvalue weighted by Gasteiger charge is 2.45. The SMILES string of the molecule is CCC(C)N1CCN2C(=O)c3ccccc3C[C@]2(C)C1. The highest BCUT2D eigenvalue weighted by atomic mass is 16.2. The van der Waals surface area contributed by atoms with Gasteiger partial charge in [0, 0.05) is 31.2 Å². The largest absolute Gasteiger partial charge is 0.330 e. The normalized spacial score (nSPS) is 27.9. The maximum atomic E-state index is 12.7. The lowest BCUT2D eigenvalue weighted by atomic mass is 9.81. The Bertz CT molecular complexity index is 527. The molecule has 1 fully saturated rings. The summed E-state index contributed by atoms with van der Waals surface area (Å²) in [5, 5.41) is 0. The van der Waals surface area contributed by atoms with Gasteiger partial charge in [-0.2, -0.15) is 0 Å². The average Bonchev–Trinajstić information content (AvgIpc) is 2.45. The number of benzene rings is 1. The van der Waals surface area contributed by atoms with Crippen LogP contribution in [0.25, 0.3) is 0 Å². The van der Waals surface area contributed by atoms with Crippen LogP contribution in [0.2, 0.25) is 0 Å². The van der Waals surface area contributed by atoms with Gasteiger partial charge in [-0.3, -0.25) is 9.69 Å². The summed E-state index contributed by atoms with van der Waals surface area (Å²) in [4.78, 5) is 17.4. The summed E-state index contributed by atoms with van der Waals surface area (Å²) >= 11 is 0. The molecule has 1 unspecified atom stereocenters. The van der Waals surface area contributed by atoms with E-state index in [1.165, 1.54) is 12.0 Å². The van der Waals surface area contributed by atoms with Crippen LogP contribution in [-0.4, -0.2) is 46.9 Å². The summed E-state index contributed by atoms with van der Waals surface area (Å²) in [5.41, 5.74) is 2.07. The Hall–Kier alpha value is -1.35. The van der Waals surface area contributed by atoms with Crippen LogP contribution in [0.3, 0.4) is 0 Å². The van der Waals surface area contributed by atoms with Crippen molar-refractivity contribution in [3.8, 4) is 0 Å². The fraction of sp³-hybridized carbons (Fsp3) is 0.588. The number of rotatable bonds is 2. The number of fused-ring (bicyclic) bond motifs is 2. The zero-order chi connectivity index (χ0) is 14.3. The standard InChI is InChI=1S/C17H24N2O/c1-4-13(2)18-9-10-19-16(20)15-8-6-5-7-14(15)11-17(19,3)12-18/h5-8,13H,4,9-12H2,1-3H3/t13?,17-/m1/s1. The van der Waals surface area contributed by atoms with Crippen LogP contribution >= 0.6 is 0 Å². The van der Waals surface area contributed by atoms with Gasteiger partial charge in [-0.1, -0.05) is 25.1 Å². The Morgan fingerprint density at radius 3 is 2.80 bits per heavy atom. The molecule has 3 heteroatoms. The van der Waals surface area contributed by atoms with Crippen LogP contribution < -0.4 is 0 Å². The van der Waals surface area contributed by atoms with Crippen molar-refractivity contribution in [3.05, 3.63) is 35.4 Å². The molecule has 20 heavy (non-hydrogen) atoms. The van der Waals surface area contributed by atoms with E-state index < -0.39 is 0 Å². The minimum atomic E-state index is -0.0485. The number of carbonyl (C=O) groups excluding carboxylic acids is 1. The molecule has 1 saturated heterocycles. The van der Waals surface area contributed by atoms with E-state index in [1.54, 1.807) is 0 Å². The first-order valence-electron chi connectivity index (χ1n) is 7.69. The van der Waals surface area contributed by atoms with Crippen molar-refractivity contribution < 1.29 is 4.79 Å². The molecule has 0 spiro atoms. The first-order chi connectivity index (χ1) is 9.55. The molecule has 0 aliphatic carbocycles. The quantitative estimate of drug-likeness (QED) is 0.826. The average molecular weight is 272 g/mol. The number of carbonyl (C=O) groups is 1. The zero-order valence-electron chi connectivity index (χ0n) is 12.7. The van der Waals surface area contributed by atoms with E-state index in [0.29, 0.717) is 6.04 Å². The van der Waals surface area contributed by atoms with Crippen LogP contribution in [0, 0.1) is 0 Å². The Labute approximate surface area is 121 Å². The Morgan fingerprint density at radius 2 is 2.05 bits per heavy atom. The van der Waals surface area contributed by atoms with E-state index in [1.807, 2.05) is 18.2 Å². The zero-order valence-corrected chi connectivity index (χ0v) is 12.7. The number of amides is 1. The lowest BCUT2D eigenvalue weighted by Gasteiger charge is -2.53. The highest BCUT2D eigenvalue weighted by molar-refractivity contribution is 5.97. The van der Waals surface area contributed by atoms with Crippen LogP contribution in [0.5, 0.6) is 0 Å². The number of hydrogen-bond acceptors (Lipinski definition) is 2. The minimum absolute atomic E-state index is 0.0485. The number of nitrogens with zero attached hydrogens (tertiary/aromatic N) is 2. The molecule has 3 nitrogen and oxygen atoms in total. The third-order valence-electron chi connectivity index (χ3n) is 5.08. The van der Waals surface area contributed by atoms with Gasteiger partial charge in [-0.05, 0) is 38.3 Å². The molecule has 1 aromatic carbocycles. The molecule has 2 aliphatic rings. The summed E-state index contributed by atoms with van der Waals surface area (Å²) in [6, 6.07) is 8.69. The molecule has 2 atom stereocenters. The van der Waals surface area contributed by atoms with E-state index >= 15 is 0 Å². The monoisotopic (exact) mass is 272 g/mol. The van der Waals surface area contributed by atoms with E-state index in [-0.39, 0.29) is 11.4 Å². The van der Waals surface area contributed by atoms with Gasteiger partial charge in [-0.25, -0.2) is 0 Å². The third kappa shape index (κ3) is 2.05. The van der Waals surface area contributed by atoms with Gasteiger partial charge < -0.3 is 4.90 Å². The molecule has 0 bridgehead atoms. The van der Waals surface area contributed by atoms with Gasteiger partial charge in [0.1, 0.15) is 0 Å². The molecule has 1 amide bonds. The second-order valence-electron chi connectivity index (χ2n) is 6.52. The van der Waals surface area contributed by atoms with E-state index in [0.717, 1.165) is 31.6 Å². The van der Waals surface area contributed by atoms with Gasteiger partial charge in [0.25, 0.3) is 5.91 Å². The Morgan fingerprint density at radius 1 is 1.30 bits per heavy atom. The lowest BCUT2D eigenvalue weighted by Crippen LogP contribution is -2.66. The van der Waals surface area contributed by atoms with E-state index in [4.69, 9.17) is 0 Å². The lowest BCUT2D eigenvalue weighted by molar-refractivity contribution is -0.00545. The Balaban J connectivity index is 1.92. The molecule has 1 aromatic rings. The molecule has 2 aliphatic heterocycles. The minimum Gasteiger partial charge on any atom is -0.330 e. The van der Waals surface area contributed by atoms with Crippen molar-refractivity contribution in [3.63, 3.8) is 0 Å². The topological polar surface area (TPSA) is 23.6 Å². The maximum absolute atomic E-state index is 12.7. The molecule has 0 radical (unpaired) electrons. The highest BCUT2D eigenvalue weighted by Crippen LogP contribution is 2.34. The van der Waals surface area contributed by atoms with Crippen molar-refractivity contribution in [1.82, 2.24) is 9.80 Å². The summed E-state index contributed by atoms with van der Waals surface area (Å²) in [5.74, 6) is 0.221. The van der Waals surface area contributed by atoms with Crippen molar-refractivity contribution in [1.29, 1.82) is 0 Å². The first-order valence-corrected chi connectivity index (χ1v) is 7.69. The van der Waals surface area contributed by atoms with Crippen molar-refractivity contribution in [2.45, 2.75) is 45.2 Å². The number of piperazine rings is 1. The van der Waals surface area contributed by atoms with Crippen molar-refractivity contribution >= 4 is 5.91 Å². The Kier molecular flexibility index (Phi) is 3.33. The van der Waals surface area contributed by atoms with Crippen molar-refractivity contribution in [2.24, 2.45) is 0 Å². The summed E-state index contributed by atoms with van der Waals surface area (Å²) in [7, 11) is 0. The van der Waals surface area contributed by atoms with Gasteiger partial charge in [0.15, 0.2) is 0 Å². The van der Waals surface area contributed by atoms with E-state index in [2.05, 4.69) is 36.6 Å². The van der Waals surface area contributed by atoms with Crippen LogP contribution in [0.4, 0.5) is 0 Å². The van der Waals surface area contributed by atoms with Gasteiger partial charge in [-0.15, -0.1) is 0 Å². The van der Waals surface area contributed by atoms with Gasteiger partial charge >= 0.3 is 0 Å². The third-order valence-corrected chi connectivity index (χ3v) is 5.08. The molecule has 3 rings (SSSR count). The molecule has 0 saturated carbocycles. The van der Waals surface area contributed by atoms with Gasteiger partial charge in [0.2, 0.25) is 0 Å². The summed E-state index contributed by atoms with van der Waals surface area (Å²) in [6.45, 7) is 9.61. The van der Waals surface area contributed by atoms with Crippen LogP contribution in [-0.2, 0) is 6.42 Å². The first kappa shape index (κ1) is 13.6. The molecular weight excluding hydrogens is 248 g/mol. The molecular formula is C17H24N2O. The fourth-order valence-corrected chi connectivity index (χ4v) is 3.67. The van der Waals surface area contributed by atoms with Gasteiger partial charge in [0.05, 0.1) is 5.54 Å². The fourth-order valence-electron chi connectivity index (χ4n) is 3.67. The summed E-state index contributed by atoms with van der Waals surface area (Å²) < 4.78 is 0. The van der Waals surface area contributed by atoms with E-state index in [9.17, 15) is 4.79 Å². The smallest absolute Gasteiger partial charge is 0.254 e. The number of hydrogen-bond donors (Lipinski definition) is 0. The second-order valence-corrected chi connectivity index (χ2v) is 6.52. The van der Waals surface area contributed by atoms with Crippen LogP contribution in [0.15, 0.2) is 24.3 Å². The second kappa shape index (κ2) is 4.88. The predicted molar refractivity (Wildman–Crippen MR) is 80.9 cm³/mol. The molecule has 0 aromatic heterocycles.